The van der Waals surface area contributed by atoms with E-state index in [1.54, 1.807) is 6.07 Å². The molecule has 5 heteroatoms. The van der Waals surface area contributed by atoms with Crippen molar-refractivity contribution >= 4 is 18.4 Å². The molecule has 2 aromatic carbocycles. The van der Waals surface area contributed by atoms with E-state index in [0.29, 0.717) is 5.56 Å². The monoisotopic (exact) mass is 278 g/mol. The van der Waals surface area contributed by atoms with E-state index in [-0.39, 0.29) is 6.42 Å². The van der Waals surface area contributed by atoms with Crippen molar-refractivity contribution < 1.29 is 18.7 Å². The lowest BCUT2D eigenvalue weighted by Gasteiger charge is -2.30. The lowest BCUT2D eigenvalue weighted by molar-refractivity contribution is 0.0822. The molecule has 1 aliphatic carbocycles. The lowest BCUT2D eigenvalue weighted by Crippen LogP contribution is -2.26. The van der Waals surface area contributed by atoms with Gasteiger partial charge in [-0.05, 0) is 16.3 Å². The van der Waals surface area contributed by atoms with Crippen LogP contribution in [0.1, 0.15) is 11.1 Å². The summed E-state index contributed by atoms with van der Waals surface area (Å²) in [4.78, 5) is 0. The molecule has 0 aliphatic heterocycles. The third-order valence-electron chi connectivity index (χ3n) is 3.79. The maximum Gasteiger partial charge on any atom is 0.366 e. The van der Waals surface area contributed by atoms with E-state index in [4.69, 9.17) is 9.05 Å². The van der Waals surface area contributed by atoms with Crippen molar-refractivity contribution in [1.29, 1.82) is 0 Å². The lowest BCUT2D eigenvalue weighted by atomic mass is 10.1. The van der Waals surface area contributed by atoms with Crippen molar-refractivity contribution in [3.8, 4) is 0 Å². The van der Waals surface area contributed by atoms with E-state index in [9.17, 15) is 9.67 Å². The molecule has 2 aromatic rings. The first-order valence-corrected chi connectivity index (χ1v) is 7.55. The molecule has 0 spiro atoms. The summed E-state index contributed by atoms with van der Waals surface area (Å²) in [5.41, 5.74) is 1.58. The molecule has 1 atom stereocenters. The third-order valence-corrected chi connectivity index (χ3v) is 6.06. The number of aliphatic hydroxyl groups is 1. The van der Waals surface area contributed by atoms with E-state index >= 15 is 0 Å². The number of benzene rings is 2. The SMILES string of the molecule is COP(=O)(OC)C1(O)Cc2cccc3cccc1c23. The predicted octanol–water partition coefficient (Wildman–Crippen LogP) is 3.03. The van der Waals surface area contributed by atoms with E-state index in [0.717, 1.165) is 16.3 Å². The molecule has 0 aromatic heterocycles. The summed E-state index contributed by atoms with van der Waals surface area (Å²) in [6.07, 6.45) is 0.239. The van der Waals surface area contributed by atoms with Crippen LogP contribution < -0.4 is 0 Å². The standard InChI is InChI=1S/C14H15O4P/c1-17-19(16,18-2)14(15)9-11-7-3-5-10-6-4-8-12(14)13(10)11/h3-8,15H,9H2,1-2H3. The van der Waals surface area contributed by atoms with Gasteiger partial charge in [0, 0.05) is 26.2 Å². The second-order valence-electron chi connectivity index (χ2n) is 4.68. The maximum absolute atomic E-state index is 12.7. The molecule has 0 amide bonds. The Morgan fingerprint density at radius 2 is 1.79 bits per heavy atom. The Morgan fingerprint density at radius 3 is 2.42 bits per heavy atom. The van der Waals surface area contributed by atoms with Gasteiger partial charge in [-0.2, -0.15) is 0 Å². The first-order chi connectivity index (χ1) is 9.05. The molecule has 1 N–H and O–H groups in total. The minimum Gasteiger partial charge on any atom is -0.373 e. The van der Waals surface area contributed by atoms with Crippen LogP contribution in [0.2, 0.25) is 0 Å². The molecule has 3 rings (SSSR count). The second-order valence-corrected chi connectivity index (χ2v) is 7.14. The Balaban J connectivity index is 2.32. The predicted molar refractivity (Wildman–Crippen MR) is 73.2 cm³/mol. The van der Waals surface area contributed by atoms with Crippen LogP contribution in [0.15, 0.2) is 36.4 Å². The van der Waals surface area contributed by atoms with Gasteiger partial charge in [-0.3, -0.25) is 4.57 Å². The molecule has 4 nitrogen and oxygen atoms in total. The van der Waals surface area contributed by atoms with Crippen molar-refractivity contribution in [2.75, 3.05) is 14.2 Å². The highest BCUT2D eigenvalue weighted by Gasteiger charge is 2.54. The van der Waals surface area contributed by atoms with Crippen LogP contribution in [0.4, 0.5) is 0 Å². The molecule has 0 bridgehead atoms. The minimum atomic E-state index is -3.63. The van der Waals surface area contributed by atoms with Crippen LogP contribution in [0, 0.1) is 0 Å². The van der Waals surface area contributed by atoms with E-state index < -0.39 is 12.9 Å². The summed E-state index contributed by atoms with van der Waals surface area (Å²) in [5.74, 6) is 0. The Labute approximate surface area is 111 Å². The van der Waals surface area contributed by atoms with Gasteiger partial charge in [0.25, 0.3) is 0 Å². The van der Waals surface area contributed by atoms with Gasteiger partial charge in [-0.25, -0.2) is 0 Å². The molecule has 19 heavy (non-hydrogen) atoms. The van der Waals surface area contributed by atoms with Crippen LogP contribution >= 0.6 is 7.60 Å². The van der Waals surface area contributed by atoms with Crippen molar-refractivity contribution in [2.24, 2.45) is 0 Å². The van der Waals surface area contributed by atoms with Crippen LogP contribution in [0.5, 0.6) is 0 Å². The molecule has 0 radical (unpaired) electrons. The van der Waals surface area contributed by atoms with Crippen molar-refractivity contribution in [3.63, 3.8) is 0 Å². The van der Waals surface area contributed by atoms with Crippen LogP contribution in [-0.4, -0.2) is 19.3 Å². The molecular weight excluding hydrogens is 263 g/mol. The van der Waals surface area contributed by atoms with E-state index in [1.807, 2.05) is 30.3 Å². The number of hydrogen-bond donors (Lipinski definition) is 1. The fourth-order valence-corrected chi connectivity index (χ4v) is 4.48. The molecule has 100 valence electrons. The molecule has 0 fully saturated rings. The zero-order valence-corrected chi connectivity index (χ0v) is 11.7. The highest BCUT2D eigenvalue weighted by Crippen LogP contribution is 2.67. The van der Waals surface area contributed by atoms with Crippen LogP contribution in [-0.2, 0) is 25.4 Å². The largest absolute Gasteiger partial charge is 0.373 e. The summed E-state index contributed by atoms with van der Waals surface area (Å²) < 4.78 is 22.7. The Hall–Kier alpha value is -1.19. The molecule has 1 aliphatic rings. The molecule has 0 heterocycles. The molecule has 0 saturated carbocycles. The normalized spacial score (nSPS) is 22.1. The van der Waals surface area contributed by atoms with Crippen LogP contribution in [0.25, 0.3) is 10.8 Å². The van der Waals surface area contributed by atoms with Gasteiger partial charge in [0.2, 0.25) is 0 Å². The highest BCUT2D eigenvalue weighted by molar-refractivity contribution is 7.55. The molecule has 1 unspecified atom stereocenters. The first kappa shape index (κ1) is 12.8. The minimum absolute atomic E-state index is 0.239. The van der Waals surface area contributed by atoms with Gasteiger partial charge >= 0.3 is 7.60 Å². The summed E-state index contributed by atoms with van der Waals surface area (Å²) in [6.45, 7) is 0. The Kier molecular flexibility index (Phi) is 2.80. The average molecular weight is 278 g/mol. The number of rotatable bonds is 3. The molecule has 0 saturated heterocycles. The molecular formula is C14H15O4P. The number of hydrogen-bond acceptors (Lipinski definition) is 4. The van der Waals surface area contributed by atoms with Crippen LogP contribution in [0.3, 0.4) is 0 Å². The third kappa shape index (κ3) is 1.55. The average Bonchev–Trinajstić information content (AvgIpc) is 2.75. The zero-order valence-electron chi connectivity index (χ0n) is 10.8. The topological polar surface area (TPSA) is 55.8 Å². The van der Waals surface area contributed by atoms with E-state index in [2.05, 4.69) is 0 Å². The Bertz CT molecular complexity index is 684. The fraction of sp³-hybridized carbons (Fsp3) is 0.286. The quantitative estimate of drug-likeness (QED) is 0.877. The second kappa shape index (κ2) is 4.15. The van der Waals surface area contributed by atoms with Crippen molar-refractivity contribution in [1.82, 2.24) is 0 Å². The zero-order chi connectivity index (χ0) is 13.7. The van der Waals surface area contributed by atoms with E-state index in [1.165, 1.54) is 14.2 Å². The van der Waals surface area contributed by atoms with Crippen molar-refractivity contribution in [2.45, 2.75) is 11.8 Å². The van der Waals surface area contributed by atoms with Gasteiger partial charge in [-0.15, -0.1) is 0 Å². The summed E-state index contributed by atoms with van der Waals surface area (Å²) in [7, 11) is -1.03. The fourth-order valence-electron chi connectivity index (χ4n) is 2.88. The summed E-state index contributed by atoms with van der Waals surface area (Å²) >= 11 is 0. The van der Waals surface area contributed by atoms with Gasteiger partial charge in [0.1, 0.15) is 0 Å². The Morgan fingerprint density at radius 1 is 1.16 bits per heavy atom. The maximum atomic E-state index is 12.7. The highest BCUT2D eigenvalue weighted by atomic mass is 31.2. The van der Waals surface area contributed by atoms with Gasteiger partial charge in [0.15, 0.2) is 5.34 Å². The van der Waals surface area contributed by atoms with Gasteiger partial charge in [0.05, 0.1) is 0 Å². The van der Waals surface area contributed by atoms with Crippen molar-refractivity contribution in [3.05, 3.63) is 47.5 Å². The van der Waals surface area contributed by atoms with Gasteiger partial charge < -0.3 is 14.2 Å². The summed E-state index contributed by atoms with van der Waals surface area (Å²) in [6, 6.07) is 11.4. The van der Waals surface area contributed by atoms with Gasteiger partial charge in [-0.1, -0.05) is 36.4 Å². The summed E-state index contributed by atoms with van der Waals surface area (Å²) in [5, 5.41) is 11.3. The smallest absolute Gasteiger partial charge is 0.366 e. The first-order valence-electron chi connectivity index (χ1n) is 6.01.